The van der Waals surface area contributed by atoms with Gasteiger partial charge in [-0.25, -0.2) is 0 Å². The Balaban J connectivity index is 1.98. The molecule has 0 aliphatic heterocycles. The predicted octanol–water partition coefficient (Wildman–Crippen LogP) is 8.20. The number of rotatable bonds is 10. The maximum absolute atomic E-state index is 2.50. The molecule has 2 aromatic rings. The highest BCUT2D eigenvalue weighted by Crippen LogP contribution is 2.54. The van der Waals surface area contributed by atoms with Crippen LogP contribution < -0.4 is 0 Å². The Hall–Kier alpha value is -1.56. The van der Waals surface area contributed by atoms with Gasteiger partial charge in [-0.15, -0.1) is 0 Å². The minimum Gasteiger partial charge on any atom is -0.0654 e. The highest BCUT2D eigenvalue weighted by atomic mass is 14.4. The summed E-state index contributed by atoms with van der Waals surface area (Å²) >= 11 is 0. The van der Waals surface area contributed by atoms with Crippen molar-refractivity contribution in [1.29, 1.82) is 0 Å². The summed E-state index contributed by atoms with van der Waals surface area (Å²) in [7, 11) is 0. The Labute approximate surface area is 161 Å². The maximum Gasteiger partial charge on any atom is 0.0215 e. The summed E-state index contributed by atoms with van der Waals surface area (Å²) in [4.78, 5) is 0. The van der Waals surface area contributed by atoms with Crippen LogP contribution in [0, 0.1) is 6.92 Å². The zero-order valence-corrected chi connectivity index (χ0v) is 17.1. The van der Waals surface area contributed by atoms with Crippen molar-refractivity contribution in [3.05, 3.63) is 59.2 Å². The molecule has 0 N–H and O–H groups in total. The zero-order chi connectivity index (χ0) is 18.4. The first-order valence-corrected chi connectivity index (χ1v) is 10.9. The molecule has 0 aromatic heterocycles. The molecule has 0 saturated carbocycles. The van der Waals surface area contributed by atoms with Crippen molar-refractivity contribution in [1.82, 2.24) is 0 Å². The number of hydrogen-bond donors (Lipinski definition) is 0. The molecule has 0 heterocycles. The molecule has 0 atom stereocenters. The van der Waals surface area contributed by atoms with E-state index in [-0.39, 0.29) is 5.41 Å². The lowest BCUT2D eigenvalue weighted by Crippen LogP contribution is -2.25. The normalized spacial score (nSPS) is 14.3. The van der Waals surface area contributed by atoms with Gasteiger partial charge in [0.05, 0.1) is 0 Å². The highest BCUT2D eigenvalue weighted by molar-refractivity contribution is 5.81. The van der Waals surface area contributed by atoms with E-state index in [0.29, 0.717) is 0 Å². The summed E-state index contributed by atoms with van der Waals surface area (Å²) in [6.07, 6.45) is 13.4. The van der Waals surface area contributed by atoms with Crippen molar-refractivity contribution in [2.45, 2.75) is 90.4 Å². The number of unbranched alkanes of at least 4 members (excludes halogenated alkanes) is 6. The largest absolute Gasteiger partial charge is 0.0654 e. The van der Waals surface area contributed by atoms with Crippen LogP contribution in [0.2, 0.25) is 0 Å². The average molecular weight is 349 g/mol. The van der Waals surface area contributed by atoms with Gasteiger partial charge in [-0.3, -0.25) is 0 Å². The quantitative estimate of drug-likeness (QED) is 0.379. The molecular formula is C26H36. The van der Waals surface area contributed by atoms with Gasteiger partial charge in [-0.05, 0) is 42.0 Å². The van der Waals surface area contributed by atoms with Crippen molar-refractivity contribution in [2.75, 3.05) is 0 Å². The summed E-state index contributed by atoms with van der Waals surface area (Å²) in [6.45, 7) is 6.87. The summed E-state index contributed by atoms with van der Waals surface area (Å²) in [5.41, 5.74) is 7.87. The lowest BCUT2D eigenvalue weighted by atomic mass is 9.70. The third-order valence-electron chi connectivity index (χ3n) is 6.34. The molecule has 2 aromatic carbocycles. The molecule has 140 valence electrons. The molecule has 0 amide bonds. The smallest absolute Gasteiger partial charge is 0.0215 e. The van der Waals surface area contributed by atoms with Crippen molar-refractivity contribution >= 4 is 0 Å². The molecule has 0 fully saturated rings. The Morgan fingerprint density at radius 2 is 1.27 bits per heavy atom. The van der Waals surface area contributed by atoms with Crippen LogP contribution in [-0.2, 0) is 5.41 Å². The van der Waals surface area contributed by atoms with Gasteiger partial charge < -0.3 is 0 Å². The summed E-state index contributed by atoms with van der Waals surface area (Å²) in [6, 6.07) is 16.4. The fourth-order valence-electron chi connectivity index (χ4n) is 4.94. The molecule has 0 bridgehead atoms. The Morgan fingerprint density at radius 3 is 1.92 bits per heavy atom. The Bertz CT molecular complexity index is 698. The van der Waals surface area contributed by atoms with E-state index in [9.17, 15) is 0 Å². The number of fused-ring (bicyclic) bond motifs is 3. The fraction of sp³-hybridized carbons (Fsp3) is 0.538. The van der Waals surface area contributed by atoms with E-state index in [1.807, 2.05) is 0 Å². The lowest BCUT2D eigenvalue weighted by Gasteiger charge is -2.33. The summed E-state index contributed by atoms with van der Waals surface area (Å²) in [5, 5.41) is 0. The number of aryl methyl sites for hydroxylation is 1. The molecule has 0 heteroatoms. The Kier molecular flexibility index (Phi) is 6.57. The number of benzene rings is 2. The minimum absolute atomic E-state index is 0.249. The zero-order valence-electron chi connectivity index (χ0n) is 17.1. The van der Waals surface area contributed by atoms with E-state index in [2.05, 4.69) is 63.2 Å². The average Bonchev–Trinajstić information content (AvgIpc) is 2.92. The SMILES string of the molecule is CCCCCCC1(CCCCCC)c2ccccc2-c2ccc(C)cc21. The van der Waals surface area contributed by atoms with Crippen LogP contribution in [0.15, 0.2) is 42.5 Å². The number of hydrogen-bond acceptors (Lipinski definition) is 0. The Morgan fingerprint density at radius 1 is 0.654 bits per heavy atom. The minimum atomic E-state index is 0.249. The maximum atomic E-state index is 2.50. The summed E-state index contributed by atoms with van der Waals surface area (Å²) in [5.74, 6) is 0. The second-order valence-electron chi connectivity index (χ2n) is 8.30. The van der Waals surface area contributed by atoms with E-state index >= 15 is 0 Å². The van der Waals surface area contributed by atoms with Crippen molar-refractivity contribution in [3.63, 3.8) is 0 Å². The standard InChI is InChI=1S/C26H36/c1-4-6-8-12-18-26(19-13-9-7-5-2)24-15-11-10-14-22(24)23-17-16-21(3)20-25(23)26/h10-11,14-17,20H,4-9,12-13,18-19H2,1-3H3. The van der Waals surface area contributed by atoms with Crippen LogP contribution in [-0.4, -0.2) is 0 Å². The van der Waals surface area contributed by atoms with Crippen LogP contribution in [0.25, 0.3) is 11.1 Å². The molecule has 26 heavy (non-hydrogen) atoms. The van der Waals surface area contributed by atoms with Crippen molar-refractivity contribution in [3.8, 4) is 11.1 Å². The summed E-state index contributed by atoms with van der Waals surface area (Å²) < 4.78 is 0. The van der Waals surface area contributed by atoms with Gasteiger partial charge in [-0.2, -0.15) is 0 Å². The van der Waals surface area contributed by atoms with E-state index in [1.54, 1.807) is 11.1 Å². The lowest BCUT2D eigenvalue weighted by molar-refractivity contribution is 0.401. The van der Waals surface area contributed by atoms with Crippen LogP contribution in [0.5, 0.6) is 0 Å². The third-order valence-corrected chi connectivity index (χ3v) is 6.34. The van der Waals surface area contributed by atoms with Crippen LogP contribution in [0.3, 0.4) is 0 Å². The molecular weight excluding hydrogens is 312 g/mol. The second-order valence-corrected chi connectivity index (χ2v) is 8.30. The molecule has 0 unspecified atom stereocenters. The molecule has 0 spiro atoms. The van der Waals surface area contributed by atoms with Gasteiger partial charge in [0, 0.05) is 5.41 Å². The predicted molar refractivity (Wildman–Crippen MR) is 115 cm³/mol. The van der Waals surface area contributed by atoms with Gasteiger partial charge in [0.15, 0.2) is 0 Å². The molecule has 1 aliphatic carbocycles. The molecule has 0 radical (unpaired) electrons. The third kappa shape index (κ3) is 3.75. The highest BCUT2D eigenvalue weighted by Gasteiger charge is 2.41. The van der Waals surface area contributed by atoms with Gasteiger partial charge in [-0.1, -0.05) is 113 Å². The van der Waals surface area contributed by atoms with Crippen molar-refractivity contribution < 1.29 is 0 Å². The molecule has 3 rings (SSSR count). The van der Waals surface area contributed by atoms with Crippen LogP contribution in [0.1, 0.15) is 94.7 Å². The van der Waals surface area contributed by atoms with Gasteiger partial charge in [0.1, 0.15) is 0 Å². The fourth-order valence-corrected chi connectivity index (χ4v) is 4.94. The van der Waals surface area contributed by atoms with Crippen LogP contribution in [0.4, 0.5) is 0 Å². The first-order valence-electron chi connectivity index (χ1n) is 10.9. The van der Waals surface area contributed by atoms with Crippen LogP contribution >= 0.6 is 0 Å². The molecule has 0 saturated heterocycles. The van der Waals surface area contributed by atoms with Crippen molar-refractivity contribution in [2.24, 2.45) is 0 Å². The molecule has 1 aliphatic rings. The van der Waals surface area contributed by atoms with E-state index in [4.69, 9.17) is 0 Å². The van der Waals surface area contributed by atoms with E-state index in [1.165, 1.54) is 80.9 Å². The first kappa shape index (κ1) is 19.2. The van der Waals surface area contributed by atoms with Gasteiger partial charge in [0.2, 0.25) is 0 Å². The topological polar surface area (TPSA) is 0 Å². The van der Waals surface area contributed by atoms with Gasteiger partial charge in [0.25, 0.3) is 0 Å². The monoisotopic (exact) mass is 348 g/mol. The molecule has 0 nitrogen and oxygen atoms in total. The first-order chi connectivity index (χ1) is 12.7. The van der Waals surface area contributed by atoms with E-state index < -0.39 is 0 Å². The van der Waals surface area contributed by atoms with Gasteiger partial charge >= 0.3 is 0 Å². The second kappa shape index (κ2) is 8.89. The van der Waals surface area contributed by atoms with E-state index in [0.717, 1.165) is 0 Å².